The maximum absolute atomic E-state index is 12.2. The van der Waals surface area contributed by atoms with Crippen molar-refractivity contribution in [3.05, 3.63) is 0 Å². The van der Waals surface area contributed by atoms with Gasteiger partial charge in [0.15, 0.2) is 0 Å². The second-order valence-electron chi connectivity index (χ2n) is 15.3. The maximum atomic E-state index is 12.2. The highest BCUT2D eigenvalue weighted by atomic mass is 16.6. The summed E-state index contributed by atoms with van der Waals surface area (Å²) in [5.74, 6) is -0.522. The van der Waals surface area contributed by atoms with E-state index in [1.165, 1.54) is 116 Å². The fourth-order valence-corrected chi connectivity index (χ4v) is 6.37. The molecular weight excluding hydrogens is 684 g/mol. The quantitative estimate of drug-likeness (QED) is 0.0340. The zero-order valence-corrected chi connectivity index (χ0v) is 35.8. The summed E-state index contributed by atoms with van der Waals surface area (Å²) < 4.78 is 34.2. The van der Waals surface area contributed by atoms with Crippen LogP contribution in [-0.4, -0.2) is 77.4 Å². The largest absolute Gasteiger partial charge is 0.463 e. The molecule has 0 rings (SSSR count). The summed E-state index contributed by atoms with van der Waals surface area (Å²) in [6.07, 6.45) is 30.5. The van der Waals surface area contributed by atoms with E-state index in [1.54, 1.807) is 0 Å². The van der Waals surface area contributed by atoms with Gasteiger partial charge in [0, 0.05) is 24.7 Å². The number of ether oxygens (including phenoxy) is 6. The monoisotopic (exact) mass is 771 g/mol. The molecule has 0 aromatic heterocycles. The lowest BCUT2D eigenvalue weighted by Crippen LogP contribution is -2.38. The Balaban J connectivity index is 4.51. The van der Waals surface area contributed by atoms with Gasteiger partial charge < -0.3 is 28.4 Å². The lowest BCUT2D eigenvalue weighted by molar-refractivity contribution is -0.147. The molecule has 0 atom stereocenters. The molecule has 0 heterocycles. The number of rotatable bonds is 43. The van der Waals surface area contributed by atoms with Crippen LogP contribution in [0.25, 0.3) is 0 Å². The molecule has 0 aromatic carbocycles. The first-order valence-corrected chi connectivity index (χ1v) is 22.6. The van der Waals surface area contributed by atoms with Crippen molar-refractivity contribution < 1.29 is 42.8 Å². The Labute approximate surface area is 332 Å². The molecule has 0 aliphatic carbocycles. The molecule has 0 bridgehead atoms. The molecule has 0 aliphatic heterocycles. The SMILES string of the molecule is CCCCCCCCCCC(=O)OCCOCC(CC)(COCCOC(=O)CCCCCCCCCC)COCCOC(=O)CCCCCCCCCC. The molecule has 0 amide bonds. The summed E-state index contributed by atoms with van der Waals surface area (Å²) >= 11 is 0. The van der Waals surface area contributed by atoms with Crippen LogP contribution in [-0.2, 0) is 42.8 Å². The first-order valence-electron chi connectivity index (χ1n) is 22.6. The molecule has 0 aliphatic rings. The van der Waals surface area contributed by atoms with Crippen molar-refractivity contribution in [2.45, 2.75) is 207 Å². The standard InChI is InChI=1S/C45H86O9/c1-5-9-12-15-18-21-24-27-30-42(46)52-36-33-49-39-45(8-4,40-50-34-37-53-43(47)31-28-25-22-19-16-13-10-6-2)41-51-35-38-54-44(48)32-29-26-23-20-17-14-11-7-3/h5-41H2,1-4H3. The minimum atomic E-state index is -0.455. The Morgan fingerprint density at radius 1 is 0.333 bits per heavy atom. The van der Waals surface area contributed by atoms with Crippen molar-refractivity contribution in [3.63, 3.8) is 0 Å². The summed E-state index contributed by atoms with van der Waals surface area (Å²) in [4.78, 5) is 36.6. The minimum absolute atomic E-state index is 0.174. The first-order chi connectivity index (χ1) is 26.4. The summed E-state index contributed by atoms with van der Waals surface area (Å²) in [5, 5.41) is 0. The van der Waals surface area contributed by atoms with Gasteiger partial charge >= 0.3 is 17.9 Å². The van der Waals surface area contributed by atoms with Crippen molar-refractivity contribution in [1.82, 2.24) is 0 Å². The Kier molecular flexibility index (Phi) is 39.6. The molecular formula is C45H86O9. The third-order valence-corrected chi connectivity index (χ3v) is 10.2. The van der Waals surface area contributed by atoms with Crippen LogP contribution in [0.1, 0.15) is 207 Å². The van der Waals surface area contributed by atoms with Crippen molar-refractivity contribution in [1.29, 1.82) is 0 Å². The van der Waals surface area contributed by atoms with E-state index in [-0.39, 0.29) is 57.5 Å². The normalized spacial score (nSPS) is 11.6. The number of hydrogen-bond acceptors (Lipinski definition) is 9. The molecule has 54 heavy (non-hydrogen) atoms. The van der Waals surface area contributed by atoms with Crippen molar-refractivity contribution in [2.24, 2.45) is 5.41 Å². The summed E-state index contributed by atoms with van der Waals surface area (Å²) in [5.41, 5.74) is -0.455. The summed E-state index contributed by atoms with van der Waals surface area (Å²) in [7, 11) is 0. The van der Waals surface area contributed by atoms with Gasteiger partial charge in [0.1, 0.15) is 19.8 Å². The molecule has 0 spiro atoms. The highest BCUT2D eigenvalue weighted by Crippen LogP contribution is 2.24. The van der Waals surface area contributed by atoms with Crippen molar-refractivity contribution >= 4 is 17.9 Å². The van der Waals surface area contributed by atoms with Gasteiger partial charge in [-0.3, -0.25) is 14.4 Å². The van der Waals surface area contributed by atoms with Gasteiger partial charge in [0.25, 0.3) is 0 Å². The molecule has 320 valence electrons. The molecule has 0 saturated heterocycles. The van der Waals surface area contributed by atoms with E-state index in [9.17, 15) is 14.4 Å². The second kappa shape index (κ2) is 40.9. The molecule has 9 nitrogen and oxygen atoms in total. The highest BCUT2D eigenvalue weighted by molar-refractivity contribution is 5.69. The van der Waals surface area contributed by atoms with Gasteiger partial charge in [-0.05, 0) is 25.7 Å². The topological polar surface area (TPSA) is 107 Å². The van der Waals surface area contributed by atoms with Crippen LogP contribution in [0.5, 0.6) is 0 Å². The predicted octanol–water partition coefficient (Wildman–Crippen LogP) is 11.7. The Morgan fingerprint density at radius 2 is 0.574 bits per heavy atom. The molecule has 9 heteroatoms. The van der Waals surface area contributed by atoms with Crippen LogP contribution in [0.15, 0.2) is 0 Å². The van der Waals surface area contributed by atoms with E-state index in [4.69, 9.17) is 28.4 Å². The Hall–Kier alpha value is -1.71. The number of unbranched alkanes of at least 4 members (excludes halogenated alkanes) is 21. The van der Waals surface area contributed by atoms with Gasteiger partial charge in [-0.25, -0.2) is 0 Å². The average molecular weight is 771 g/mol. The zero-order valence-electron chi connectivity index (χ0n) is 35.8. The molecule has 0 N–H and O–H groups in total. The number of esters is 3. The fourth-order valence-electron chi connectivity index (χ4n) is 6.37. The van der Waals surface area contributed by atoms with Crippen LogP contribution in [0.4, 0.5) is 0 Å². The van der Waals surface area contributed by atoms with E-state index >= 15 is 0 Å². The van der Waals surface area contributed by atoms with Crippen LogP contribution in [0.3, 0.4) is 0 Å². The molecule has 0 fully saturated rings. The van der Waals surface area contributed by atoms with E-state index in [1.807, 2.05) is 0 Å². The van der Waals surface area contributed by atoms with Crippen molar-refractivity contribution in [3.8, 4) is 0 Å². The molecule has 0 aromatic rings. The van der Waals surface area contributed by atoms with E-state index < -0.39 is 5.41 Å². The zero-order chi connectivity index (χ0) is 39.6. The van der Waals surface area contributed by atoms with Crippen molar-refractivity contribution in [2.75, 3.05) is 59.5 Å². The predicted molar refractivity (Wildman–Crippen MR) is 220 cm³/mol. The number of carbonyl (C=O) groups is 3. The second-order valence-corrected chi connectivity index (χ2v) is 15.3. The molecule has 0 radical (unpaired) electrons. The Morgan fingerprint density at radius 3 is 0.815 bits per heavy atom. The van der Waals surface area contributed by atoms with Crippen LogP contribution in [0, 0.1) is 5.41 Å². The molecule has 0 unspecified atom stereocenters. The van der Waals surface area contributed by atoms with E-state index in [0.717, 1.165) is 44.9 Å². The smallest absolute Gasteiger partial charge is 0.305 e. The van der Waals surface area contributed by atoms with Gasteiger partial charge in [0.05, 0.1) is 39.6 Å². The molecule has 0 saturated carbocycles. The average Bonchev–Trinajstić information content (AvgIpc) is 3.17. The highest BCUT2D eigenvalue weighted by Gasteiger charge is 2.30. The maximum Gasteiger partial charge on any atom is 0.305 e. The third-order valence-electron chi connectivity index (χ3n) is 10.2. The summed E-state index contributed by atoms with van der Waals surface area (Å²) in [6.45, 7) is 11.3. The summed E-state index contributed by atoms with van der Waals surface area (Å²) in [6, 6.07) is 0. The first kappa shape index (κ1) is 52.3. The fraction of sp³-hybridized carbons (Fsp3) is 0.933. The van der Waals surface area contributed by atoms with Gasteiger partial charge in [-0.15, -0.1) is 0 Å². The number of carbonyl (C=O) groups excluding carboxylic acids is 3. The number of hydrogen-bond donors (Lipinski definition) is 0. The van der Waals surface area contributed by atoms with Crippen LogP contribution < -0.4 is 0 Å². The van der Waals surface area contributed by atoms with E-state index in [2.05, 4.69) is 27.7 Å². The van der Waals surface area contributed by atoms with E-state index in [0.29, 0.717) is 39.1 Å². The van der Waals surface area contributed by atoms with Gasteiger partial charge in [-0.2, -0.15) is 0 Å². The lowest BCUT2D eigenvalue weighted by atomic mass is 9.88. The van der Waals surface area contributed by atoms with Gasteiger partial charge in [-0.1, -0.05) is 163 Å². The third kappa shape index (κ3) is 36.0. The minimum Gasteiger partial charge on any atom is -0.463 e. The van der Waals surface area contributed by atoms with Gasteiger partial charge in [0.2, 0.25) is 0 Å². The lowest BCUT2D eigenvalue weighted by Gasteiger charge is -2.32. The Bertz CT molecular complexity index is 731. The van der Waals surface area contributed by atoms with Crippen LogP contribution in [0.2, 0.25) is 0 Å². The van der Waals surface area contributed by atoms with Crippen LogP contribution >= 0.6 is 0 Å².